The quantitative estimate of drug-likeness (QED) is 0.369. The minimum atomic E-state index is -4.07. The van der Waals surface area contributed by atoms with Gasteiger partial charge in [-0.25, -0.2) is 0 Å². The highest BCUT2D eigenvalue weighted by Gasteiger charge is 2.52. The first-order valence-electron chi connectivity index (χ1n) is 11.4. The first-order chi connectivity index (χ1) is 15.5. The third kappa shape index (κ3) is 5.28. The molecule has 4 N–H and O–H groups in total. The summed E-state index contributed by atoms with van der Waals surface area (Å²) in [6.45, 7) is -2.50. The van der Waals surface area contributed by atoms with Crippen LogP contribution < -0.4 is 23.5 Å². The fourth-order valence-corrected chi connectivity index (χ4v) is 4.46. The number of amides is 1. The molecule has 0 radical (unpaired) electrons. The molecule has 0 spiro atoms. The molecule has 176 valence electrons. The number of carbonyl (C=O) groups is 1. The number of quaternary nitrogens is 1. The van der Waals surface area contributed by atoms with Gasteiger partial charge in [-0.05, 0) is 55.6 Å². The van der Waals surface area contributed by atoms with E-state index in [1.807, 2.05) is 30.3 Å². The lowest BCUT2D eigenvalue weighted by atomic mass is 9.89. The maximum Gasteiger partial charge on any atom is 0.737 e. The highest BCUT2D eigenvalue weighted by molar-refractivity contribution is 6.58. The first kappa shape index (κ1) is 24.9. The molecule has 3 heterocycles. The monoisotopic (exact) mass is 474 g/mol. The molecule has 0 unspecified atom stereocenters. The minimum Gasteiger partial charge on any atom is -1.00 e. The predicted molar refractivity (Wildman–Crippen MR) is 123 cm³/mol. The zero-order valence-corrected chi connectivity index (χ0v) is 19.4. The predicted octanol–water partition coefficient (Wildman–Crippen LogP) is -0.00800. The summed E-state index contributed by atoms with van der Waals surface area (Å²) in [5.41, 5.74) is 6.50. The number of nitrogens with zero attached hydrogens (tertiary/aromatic N) is 2. The Labute approximate surface area is 199 Å². The van der Waals surface area contributed by atoms with Crippen molar-refractivity contribution in [3.63, 3.8) is 0 Å². The number of hydrogen-bond donors (Lipinski definition) is 2. The van der Waals surface area contributed by atoms with Crippen LogP contribution >= 0.6 is 0 Å². The van der Waals surface area contributed by atoms with Crippen LogP contribution in [0, 0.1) is 0 Å². The molecule has 1 aromatic carbocycles. The Balaban J connectivity index is 0.00000306. The van der Waals surface area contributed by atoms with Gasteiger partial charge in [-0.1, -0.05) is 24.6 Å². The largest absolute Gasteiger partial charge is 1.00 e. The van der Waals surface area contributed by atoms with E-state index < -0.39 is 6.97 Å². The number of carbonyl (C=O) groups excluding carboxylic acids is 1. The molecule has 1 amide bonds. The lowest BCUT2D eigenvalue weighted by Crippen LogP contribution is -3.00. The van der Waals surface area contributed by atoms with Gasteiger partial charge in [0.25, 0.3) is 0 Å². The van der Waals surface area contributed by atoms with Crippen molar-refractivity contribution in [2.24, 2.45) is 0 Å². The van der Waals surface area contributed by atoms with Crippen molar-refractivity contribution >= 4 is 24.7 Å². The standard InChI is InChI=1S/C24H29BF2N4O.ClH/c26-25(27)30-20(13-15-24(32)29-17-7-2-1-6-16-28)10-11-21(30)18-22-12-14-23(31(22)25)19-8-4-3-5-9-19;/h3-5,8-12,14,18H,1-2,6-7,13,15-17,28H2,(H,29,32);1H. The van der Waals surface area contributed by atoms with Crippen LogP contribution in [-0.2, 0) is 11.2 Å². The van der Waals surface area contributed by atoms with Crippen LogP contribution in [0.5, 0.6) is 0 Å². The second-order valence-electron chi connectivity index (χ2n) is 8.35. The van der Waals surface area contributed by atoms with E-state index in [2.05, 4.69) is 11.1 Å². The Morgan fingerprint density at radius 1 is 1.03 bits per heavy atom. The Bertz CT molecular complexity index is 1080. The third-order valence-electron chi connectivity index (χ3n) is 6.08. The Morgan fingerprint density at radius 3 is 2.55 bits per heavy atom. The molecular weight excluding hydrogens is 445 g/mol. The molecule has 2 aliphatic rings. The van der Waals surface area contributed by atoms with Gasteiger partial charge in [-0.3, -0.25) is 4.79 Å². The maximum atomic E-state index is 15.8. The molecule has 2 aromatic rings. The first-order valence-corrected chi connectivity index (χ1v) is 11.4. The molecule has 0 saturated carbocycles. The van der Waals surface area contributed by atoms with Crippen molar-refractivity contribution in [2.75, 3.05) is 13.1 Å². The zero-order chi connectivity index (χ0) is 22.6. The van der Waals surface area contributed by atoms with Gasteiger partial charge >= 0.3 is 6.97 Å². The van der Waals surface area contributed by atoms with E-state index in [1.54, 1.807) is 30.4 Å². The Hall–Kier alpha value is -2.71. The summed E-state index contributed by atoms with van der Waals surface area (Å²) in [4.78, 5) is 12.2. The van der Waals surface area contributed by atoms with Crippen molar-refractivity contribution < 1.29 is 36.1 Å². The van der Waals surface area contributed by atoms with Crippen molar-refractivity contribution in [2.45, 2.75) is 38.5 Å². The molecule has 0 fully saturated rings. The lowest BCUT2D eigenvalue weighted by molar-refractivity contribution is -0.368. The number of rotatable bonds is 10. The van der Waals surface area contributed by atoms with Crippen LogP contribution in [0.25, 0.3) is 6.08 Å². The Kier molecular flexibility index (Phi) is 8.27. The van der Waals surface area contributed by atoms with Crippen molar-refractivity contribution in [3.8, 4) is 0 Å². The van der Waals surface area contributed by atoms with Gasteiger partial charge in [0.05, 0.1) is 6.54 Å². The summed E-state index contributed by atoms with van der Waals surface area (Å²) in [6, 6.07) is 12.7. The normalized spacial score (nSPS) is 15.5. The maximum absolute atomic E-state index is 15.8. The van der Waals surface area contributed by atoms with E-state index in [-0.39, 0.29) is 31.2 Å². The molecule has 2 aliphatic heterocycles. The molecule has 5 nitrogen and oxygen atoms in total. The number of hydrogen-bond acceptors (Lipinski definition) is 1. The molecule has 0 atom stereocenters. The molecular formula is C24H30BClF2N4O. The van der Waals surface area contributed by atoms with Gasteiger partial charge < -0.3 is 41.1 Å². The van der Waals surface area contributed by atoms with Crippen molar-refractivity contribution in [1.29, 1.82) is 0 Å². The second-order valence-corrected chi connectivity index (χ2v) is 8.35. The van der Waals surface area contributed by atoms with E-state index >= 15 is 8.63 Å². The van der Waals surface area contributed by atoms with Crippen LogP contribution in [0.1, 0.15) is 49.1 Å². The number of allylic oxidation sites excluding steroid dienone is 2. The van der Waals surface area contributed by atoms with Gasteiger partial charge in [-0.2, -0.15) is 0 Å². The van der Waals surface area contributed by atoms with Crippen molar-refractivity contribution in [3.05, 3.63) is 77.3 Å². The molecule has 0 aliphatic carbocycles. The van der Waals surface area contributed by atoms with Gasteiger partial charge in [0, 0.05) is 42.5 Å². The van der Waals surface area contributed by atoms with Gasteiger partial charge in [0.15, 0.2) is 11.4 Å². The van der Waals surface area contributed by atoms with Crippen LogP contribution in [0.3, 0.4) is 0 Å². The van der Waals surface area contributed by atoms with Crippen LogP contribution in [0.15, 0.2) is 60.3 Å². The van der Waals surface area contributed by atoms with E-state index in [9.17, 15) is 4.79 Å². The van der Waals surface area contributed by atoms with Gasteiger partial charge in [0.2, 0.25) is 5.91 Å². The number of aromatic nitrogens is 1. The highest BCUT2D eigenvalue weighted by Crippen LogP contribution is 2.33. The lowest BCUT2D eigenvalue weighted by Gasteiger charge is -2.30. The SMILES string of the molecule is [Cl-].[NH3+]CCCCCCNC(=O)CCc1ccc2n1[B-](F)(F)[N+]1=C(c3ccccc3)C=CC1=C2. The second kappa shape index (κ2) is 10.9. The van der Waals surface area contributed by atoms with E-state index in [0.29, 0.717) is 29.3 Å². The molecule has 4 rings (SSSR count). The third-order valence-corrected chi connectivity index (χ3v) is 6.08. The average Bonchev–Trinajstić information content (AvgIpc) is 3.41. The van der Waals surface area contributed by atoms with Crippen LogP contribution in [0.2, 0.25) is 0 Å². The fourth-order valence-electron chi connectivity index (χ4n) is 4.46. The summed E-state index contributed by atoms with van der Waals surface area (Å²) in [7, 11) is 0. The smallest absolute Gasteiger partial charge is 0.737 e. The molecule has 0 bridgehead atoms. The number of nitrogens with one attached hydrogen (secondary N) is 1. The molecule has 33 heavy (non-hydrogen) atoms. The van der Waals surface area contributed by atoms with Crippen LogP contribution in [-0.4, -0.2) is 40.6 Å². The van der Waals surface area contributed by atoms with Gasteiger partial charge in [-0.15, -0.1) is 0 Å². The summed E-state index contributed by atoms with van der Waals surface area (Å²) in [5, 5.41) is 2.91. The number of aryl methyl sites for hydroxylation is 1. The average molecular weight is 475 g/mol. The summed E-state index contributed by atoms with van der Waals surface area (Å²) in [6.07, 6.45) is 9.95. The van der Waals surface area contributed by atoms with E-state index in [4.69, 9.17) is 0 Å². The number of benzene rings is 1. The van der Waals surface area contributed by atoms with Gasteiger partial charge in [0.1, 0.15) is 0 Å². The highest BCUT2D eigenvalue weighted by atomic mass is 35.5. The topological polar surface area (TPSA) is 64.7 Å². The van der Waals surface area contributed by atoms with Crippen molar-refractivity contribution in [1.82, 2.24) is 9.79 Å². The number of fused-ring (bicyclic) bond motifs is 2. The number of unbranched alkanes of at least 4 members (excludes halogenated alkanes) is 3. The summed E-state index contributed by atoms with van der Waals surface area (Å²) in [5.74, 6) is -0.0973. The van der Waals surface area contributed by atoms with E-state index in [0.717, 1.165) is 46.8 Å². The number of halogens is 3. The fraction of sp³-hybridized carbons (Fsp3) is 0.333. The van der Waals surface area contributed by atoms with Crippen LogP contribution in [0.4, 0.5) is 8.63 Å². The van der Waals surface area contributed by atoms with E-state index in [1.165, 1.54) is 0 Å². The molecule has 9 heteroatoms. The zero-order valence-electron chi connectivity index (χ0n) is 18.7. The molecule has 1 aromatic heterocycles. The Morgan fingerprint density at radius 2 is 1.79 bits per heavy atom. The summed E-state index contributed by atoms with van der Waals surface area (Å²) < 4.78 is 33.9. The summed E-state index contributed by atoms with van der Waals surface area (Å²) >= 11 is 0. The minimum absolute atomic E-state index is 0. The molecule has 0 saturated heterocycles.